The van der Waals surface area contributed by atoms with Gasteiger partial charge in [0.15, 0.2) is 0 Å². The van der Waals surface area contributed by atoms with Gasteiger partial charge in [0.25, 0.3) is 0 Å². The predicted molar refractivity (Wildman–Crippen MR) is 93.3 cm³/mol. The number of para-hydroxylation sites is 1. The summed E-state index contributed by atoms with van der Waals surface area (Å²) in [5.41, 5.74) is 3.70. The van der Waals surface area contributed by atoms with Gasteiger partial charge in [-0.3, -0.25) is 4.98 Å². The van der Waals surface area contributed by atoms with Gasteiger partial charge in [-0.05, 0) is 31.4 Å². The standard InChI is InChI=1S/C20H18F2N2O/c21-13-9-8-12(15(22)10-13)11-23-20-14-4-1-2-5-16(14)24-17-6-3-7-18(25)19(17)20/h1-2,4-5,8-10,18,25H,3,6-7,11H2,(H,23,24). The van der Waals surface area contributed by atoms with Crippen molar-refractivity contribution >= 4 is 16.6 Å². The number of aliphatic hydroxyl groups excluding tert-OH is 1. The number of aryl methyl sites for hydroxylation is 1. The Morgan fingerprint density at radius 2 is 2.00 bits per heavy atom. The molecule has 0 aliphatic heterocycles. The average molecular weight is 340 g/mol. The van der Waals surface area contributed by atoms with Crippen molar-refractivity contribution in [2.75, 3.05) is 5.32 Å². The number of nitrogens with zero attached hydrogens (tertiary/aromatic N) is 1. The van der Waals surface area contributed by atoms with Gasteiger partial charge in [-0.25, -0.2) is 8.78 Å². The van der Waals surface area contributed by atoms with E-state index in [1.807, 2.05) is 24.3 Å². The molecule has 1 heterocycles. The van der Waals surface area contributed by atoms with E-state index in [0.29, 0.717) is 12.0 Å². The molecule has 4 rings (SSSR count). The summed E-state index contributed by atoms with van der Waals surface area (Å²) < 4.78 is 27.0. The Bertz CT molecular complexity index is 942. The lowest BCUT2D eigenvalue weighted by Crippen LogP contribution is -2.15. The third-order valence-corrected chi connectivity index (χ3v) is 4.70. The minimum absolute atomic E-state index is 0.208. The highest BCUT2D eigenvalue weighted by Crippen LogP contribution is 2.38. The molecule has 128 valence electrons. The molecule has 2 aromatic carbocycles. The Morgan fingerprint density at radius 1 is 1.16 bits per heavy atom. The molecule has 1 aromatic heterocycles. The van der Waals surface area contributed by atoms with E-state index in [2.05, 4.69) is 10.3 Å². The van der Waals surface area contributed by atoms with Crippen molar-refractivity contribution in [3.05, 3.63) is 70.9 Å². The number of benzene rings is 2. The molecule has 0 radical (unpaired) electrons. The second-order valence-electron chi connectivity index (χ2n) is 6.36. The Morgan fingerprint density at radius 3 is 2.84 bits per heavy atom. The topological polar surface area (TPSA) is 45.2 Å². The van der Waals surface area contributed by atoms with Crippen molar-refractivity contribution in [1.82, 2.24) is 4.98 Å². The van der Waals surface area contributed by atoms with Gasteiger partial charge in [0.1, 0.15) is 11.6 Å². The Hall–Kier alpha value is -2.53. The van der Waals surface area contributed by atoms with Crippen LogP contribution in [0.1, 0.15) is 35.8 Å². The maximum atomic E-state index is 13.9. The summed E-state index contributed by atoms with van der Waals surface area (Å²) in [6, 6.07) is 11.3. The van der Waals surface area contributed by atoms with Gasteiger partial charge in [0.2, 0.25) is 0 Å². The van der Waals surface area contributed by atoms with Crippen LogP contribution >= 0.6 is 0 Å². The van der Waals surface area contributed by atoms with Crippen molar-refractivity contribution in [2.45, 2.75) is 31.9 Å². The molecule has 2 N–H and O–H groups in total. The fourth-order valence-corrected chi connectivity index (χ4v) is 3.47. The highest BCUT2D eigenvalue weighted by atomic mass is 19.1. The number of aliphatic hydroxyl groups is 1. The second-order valence-corrected chi connectivity index (χ2v) is 6.36. The molecule has 0 amide bonds. The summed E-state index contributed by atoms with van der Waals surface area (Å²) >= 11 is 0. The largest absolute Gasteiger partial charge is 0.388 e. The number of hydrogen-bond acceptors (Lipinski definition) is 3. The normalized spacial score (nSPS) is 16.7. The zero-order valence-corrected chi connectivity index (χ0v) is 13.6. The Kier molecular flexibility index (Phi) is 4.09. The quantitative estimate of drug-likeness (QED) is 0.738. The number of hydrogen-bond donors (Lipinski definition) is 2. The summed E-state index contributed by atoms with van der Waals surface area (Å²) in [5, 5.41) is 14.6. The molecule has 3 aromatic rings. The number of nitrogens with one attached hydrogen (secondary N) is 1. The van der Waals surface area contributed by atoms with E-state index in [1.54, 1.807) is 0 Å². The monoisotopic (exact) mass is 340 g/mol. The van der Waals surface area contributed by atoms with Crippen LogP contribution in [0.4, 0.5) is 14.5 Å². The van der Waals surface area contributed by atoms with Gasteiger partial charge < -0.3 is 10.4 Å². The van der Waals surface area contributed by atoms with Crippen molar-refractivity contribution in [1.29, 1.82) is 0 Å². The molecule has 1 aliphatic rings. The minimum Gasteiger partial charge on any atom is -0.388 e. The molecule has 0 spiro atoms. The number of pyridine rings is 1. The van der Waals surface area contributed by atoms with Crippen LogP contribution in [-0.2, 0) is 13.0 Å². The number of aromatic nitrogens is 1. The van der Waals surface area contributed by atoms with Crippen molar-refractivity contribution in [2.24, 2.45) is 0 Å². The SMILES string of the molecule is OC1CCCc2nc3ccccc3c(NCc3ccc(F)cc3F)c21. The first-order valence-corrected chi connectivity index (χ1v) is 8.41. The molecule has 0 saturated heterocycles. The average Bonchev–Trinajstić information content (AvgIpc) is 2.60. The van der Waals surface area contributed by atoms with Crippen molar-refractivity contribution in [3.8, 4) is 0 Å². The van der Waals surface area contributed by atoms with Crippen LogP contribution in [0.25, 0.3) is 10.9 Å². The van der Waals surface area contributed by atoms with Crippen LogP contribution in [-0.4, -0.2) is 10.1 Å². The van der Waals surface area contributed by atoms with E-state index in [9.17, 15) is 13.9 Å². The minimum atomic E-state index is -0.594. The molecule has 1 unspecified atom stereocenters. The molecule has 0 fully saturated rings. The first kappa shape index (κ1) is 16.0. The van der Waals surface area contributed by atoms with E-state index < -0.39 is 17.7 Å². The highest BCUT2D eigenvalue weighted by molar-refractivity contribution is 5.93. The Labute approximate surface area is 144 Å². The second kappa shape index (κ2) is 6.41. The van der Waals surface area contributed by atoms with Crippen LogP contribution in [0.5, 0.6) is 0 Å². The number of rotatable bonds is 3. The molecule has 3 nitrogen and oxygen atoms in total. The third kappa shape index (κ3) is 2.96. The van der Waals surface area contributed by atoms with Crippen molar-refractivity contribution < 1.29 is 13.9 Å². The molecular weight excluding hydrogens is 322 g/mol. The predicted octanol–water partition coefficient (Wildman–Crippen LogP) is 4.49. The van der Waals surface area contributed by atoms with E-state index in [0.717, 1.165) is 46.8 Å². The lowest BCUT2D eigenvalue weighted by atomic mass is 9.90. The van der Waals surface area contributed by atoms with Gasteiger partial charge in [0.05, 0.1) is 17.3 Å². The van der Waals surface area contributed by atoms with Gasteiger partial charge in [-0.2, -0.15) is 0 Å². The van der Waals surface area contributed by atoms with Crippen LogP contribution in [0.2, 0.25) is 0 Å². The zero-order valence-electron chi connectivity index (χ0n) is 13.6. The number of halogens is 2. The summed E-state index contributed by atoms with van der Waals surface area (Å²) in [4.78, 5) is 4.69. The first-order chi connectivity index (χ1) is 12.1. The molecule has 25 heavy (non-hydrogen) atoms. The van der Waals surface area contributed by atoms with E-state index in [-0.39, 0.29) is 6.54 Å². The van der Waals surface area contributed by atoms with Crippen LogP contribution in [0, 0.1) is 11.6 Å². The fourth-order valence-electron chi connectivity index (χ4n) is 3.47. The Balaban J connectivity index is 1.78. The van der Waals surface area contributed by atoms with E-state index in [1.165, 1.54) is 12.1 Å². The molecule has 1 atom stereocenters. The zero-order chi connectivity index (χ0) is 17.4. The maximum Gasteiger partial charge on any atom is 0.131 e. The summed E-state index contributed by atoms with van der Waals surface area (Å²) in [7, 11) is 0. The van der Waals surface area contributed by atoms with Gasteiger partial charge >= 0.3 is 0 Å². The first-order valence-electron chi connectivity index (χ1n) is 8.41. The lowest BCUT2D eigenvalue weighted by molar-refractivity contribution is 0.156. The molecular formula is C20H18F2N2O. The number of fused-ring (bicyclic) bond motifs is 2. The van der Waals surface area contributed by atoms with E-state index in [4.69, 9.17) is 0 Å². The molecule has 0 saturated carbocycles. The summed E-state index contributed by atoms with van der Waals surface area (Å²) in [5.74, 6) is -1.18. The maximum absolute atomic E-state index is 13.9. The molecule has 5 heteroatoms. The van der Waals surface area contributed by atoms with Gasteiger partial charge in [-0.15, -0.1) is 0 Å². The summed E-state index contributed by atoms with van der Waals surface area (Å²) in [6.07, 6.45) is 1.82. The smallest absolute Gasteiger partial charge is 0.131 e. The lowest BCUT2D eigenvalue weighted by Gasteiger charge is -2.25. The molecule has 0 bridgehead atoms. The highest BCUT2D eigenvalue weighted by Gasteiger charge is 2.24. The van der Waals surface area contributed by atoms with Crippen LogP contribution in [0.15, 0.2) is 42.5 Å². The number of anilines is 1. The third-order valence-electron chi connectivity index (χ3n) is 4.70. The summed E-state index contributed by atoms with van der Waals surface area (Å²) in [6.45, 7) is 0.208. The van der Waals surface area contributed by atoms with Gasteiger partial charge in [-0.1, -0.05) is 24.3 Å². The fraction of sp³-hybridized carbons (Fsp3) is 0.250. The van der Waals surface area contributed by atoms with Crippen LogP contribution in [0.3, 0.4) is 0 Å². The molecule has 1 aliphatic carbocycles. The van der Waals surface area contributed by atoms with Crippen LogP contribution < -0.4 is 5.32 Å². The van der Waals surface area contributed by atoms with Gasteiger partial charge in [0, 0.05) is 34.8 Å². The van der Waals surface area contributed by atoms with E-state index >= 15 is 0 Å². The van der Waals surface area contributed by atoms with Crippen molar-refractivity contribution in [3.63, 3.8) is 0 Å².